The molecule has 8 nitrogen and oxygen atoms in total. The Morgan fingerprint density at radius 1 is 1.09 bits per heavy atom. The molecule has 8 heteroatoms. The van der Waals surface area contributed by atoms with Gasteiger partial charge in [-0.25, -0.2) is 4.98 Å². The number of nitrogens with zero attached hydrogens (tertiary/aromatic N) is 6. The summed E-state index contributed by atoms with van der Waals surface area (Å²) in [5.41, 5.74) is 4.32. The zero-order valence-corrected chi connectivity index (χ0v) is 18.3. The number of ether oxygens (including phenoxy) is 1. The molecule has 0 amide bonds. The van der Waals surface area contributed by atoms with Crippen LogP contribution in [0.15, 0.2) is 36.5 Å². The first-order chi connectivity index (χ1) is 15.8. The van der Waals surface area contributed by atoms with Gasteiger partial charge in [-0.3, -0.25) is 0 Å². The number of aromatic nitrogens is 5. The van der Waals surface area contributed by atoms with Crippen LogP contribution in [0.4, 0.5) is 11.4 Å². The number of rotatable bonds is 4. The number of anilines is 2. The largest absolute Gasteiger partial charge is 0.486 e. The Morgan fingerprint density at radius 3 is 2.91 bits per heavy atom. The summed E-state index contributed by atoms with van der Waals surface area (Å²) in [4.78, 5) is 7.11. The predicted molar refractivity (Wildman–Crippen MR) is 125 cm³/mol. The highest BCUT2D eigenvalue weighted by atomic mass is 16.5. The van der Waals surface area contributed by atoms with Gasteiger partial charge in [0.25, 0.3) is 0 Å². The fourth-order valence-electron chi connectivity index (χ4n) is 4.85. The van der Waals surface area contributed by atoms with E-state index in [1.807, 2.05) is 19.3 Å². The number of nitrogens with one attached hydrogen (secondary N) is 1. The van der Waals surface area contributed by atoms with E-state index < -0.39 is 0 Å². The Hall–Kier alpha value is -3.42. The van der Waals surface area contributed by atoms with Crippen LogP contribution in [-0.4, -0.2) is 51.5 Å². The molecule has 0 unspecified atom stereocenters. The third kappa shape index (κ3) is 3.30. The van der Waals surface area contributed by atoms with Crippen molar-refractivity contribution in [3.05, 3.63) is 36.5 Å². The van der Waals surface area contributed by atoms with E-state index in [9.17, 15) is 0 Å². The third-order valence-corrected chi connectivity index (χ3v) is 6.71. The fraction of sp³-hybridized carbons (Fsp3) is 0.417. The molecule has 0 radical (unpaired) electrons. The Balaban J connectivity index is 1.37. The molecule has 0 atom stereocenters. The van der Waals surface area contributed by atoms with Crippen molar-refractivity contribution < 1.29 is 4.74 Å². The molecule has 4 aromatic rings. The van der Waals surface area contributed by atoms with Crippen molar-refractivity contribution in [1.29, 1.82) is 0 Å². The van der Waals surface area contributed by atoms with Gasteiger partial charge in [-0.05, 0) is 30.9 Å². The summed E-state index contributed by atoms with van der Waals surface area (Å²) in [5.74, 6) is 2.09. The Bertz CT molecular complexity index is 1280. The highest BCUT2D eigenvalue weighted by molar-refractivity contribution is 5.91. The molecular weight excluding hydrogens is 402 g/mol. The van der Waals surface area contributed by atoms with E-state index in [2.05, 4.69) is 49.8 Å². The maximum atomic E-state index is 5.90. The number of likely N-dealkylation sites (N-methyl/N-ethyl adjacent to an activating group) is 1. The van der Waals surface area contributed by atoms with Crippen molar-refractivity contribution in [2.45, 2.75) is 32.1 Å². The second-order valence-corrected chi connectivity index (χ2v) is 8.85. The highest BCUT2D eigenvalue weighted by Crippen LogP contribution is 2.34. The molecule has 1 aromatic carbocycles. The lowest BCUT2D eigenvalue weighted by Crippen LogP contribution is -2.29. The van der Waals surface area contributed by atoms with Crippen LogP contribution in [0, 0.1) is 5.92 Å². The number of pyridine rings is 1. The molecule has 32 heavy (non-hydrogen) atoms. The van der Waals surface area contributed by atoms with Gasteiger partial charge >= 0.3 is 0 Å². The number of hydrogen-bond donors (Lipinski definition) is 1. The zero-order chi connectivity index (χ0) is 21.5. The van der Waals surface area contributed by atoms with Crippen molar-refractivity contribution in [2.24, 2.45) is 5.92 Å². The highest BCUT2D eigenvalue weighted by Gasteiger charge is 2.23. The van der Waals surface area contributed by atoms with E-state index in [1.165, 1.54) is 32.1 Å². The normalized spacial score (nSPS) is 16.8. The fourth-order valence-corrected chi connectivity index (χ4v) is 4.85. The second kappa shape index (κ2) is 7.93. The van der Waals surface area contributed by atoms with Crippen molar-refractivity contribution in [3.63, 3.8) is 0 Å². The van der Waals surface area contributed by atoms with Gasteiger partial charge in [-0.1, -0.05) is 37.5 Å². The third-order valence-electron chi connectivity index (χ3n) is 6.71. The SMILES string of the molecule is CN1CCOc2c1cnn1c(-c3ccc4cccc(NCC5CCCCC5)c4n3)nnc21. The van der Waals surface area contributed by atoms with E-state index in [0.717, 1.165) is 52.7 Å². The molecule has 1 aliphatic carbocycles. The minimum Gasteiger partial charge on any atom is -0.486 e. The van der Waals surface area contributed by atoms with Crippen LogP contribution in [0.5, 0.6) is 5.75 Å². The van der Waals surface area contributed by atoms with Crippen LogP contribution in [0.25, 0.3) is 28.1 Å². The summed E-state index contributed by atoms with van der Waals surface area (Å²) in [6.07, 6.45) is 8.51. The summed E-state index contributed by atoms with van der Waals surface area (Å²) in [6.45, 7) is 2.45. The first-order valence-corrected chi connectivity index (χ1v) is 11.5. The first kappa shape index (κ1) is 19.3. The van der Waals surface area contributed by atoms with Gasteiger partial charge in [0, 0.05) is 19.0 Å². The molecule has 0 spiro atoms. The van der Waals surface area contributed by atoms with Gasteiger partial charge in [0.2, 0.25) is 11.5 Å². The average Bonchev–Trinajstić information content (AvgIpc) is 3.28. The summed E-state index contributed by atoms with van der Waals surface area (Å²) in [7, 11) is 2.03. The molecule has 1 fully saturated rings. The lowest BCUT2D eigenvalue weighted by molar-refractivity contribution is 0.312. The van der Waals surface area contributed by atoms with Gasteiger partial charge in [-0.2, -0.15) is 9.61 Å². The minimum atomic E-state index is 0.614. The summed E-state index contributed by atoms with van der Waals surface area (Å²) >= 11 is 0. The van der Waals surface area contributed by atoms with Crippen molar-refractivity contribution in [1.82, 2.24) is 24.8 Å². The number of hydrogen-bond acceptors (Lipinski definition) is 7. The van der Waals surface area contributed by atoms with Gasteiger partial charge in [0.1, 0.15) is 18.0 Å². The maximum Gasteiger partial charge on any atom is 0.222 e. The van der Waals surface area contributed by atoms with Crippen molar-refractivity contribution in [3.8, 4) is 17.3 Å². The molecule has 0 bridgehead atoms. The Morgan fingerprint density at radius 2 is 2.00 bits per heavy atom. The maximum absolute atomic E-state index is 5.90. The lowest BCUT2D eigenvalue weighted by Gasteiger charge is -2.26. The predicted octanol–water partition coefficient (Wildman–Crippen LogP) is 4.16. The molecule has 0 saturated heterocycles. The molecular formula is C24H27N7O. The van der Waals surface area contributed by atoms with Gasteiger partial charge < -0.3 is 15.0 Å². The van der Waals surface area contributed by atoms with Crippen molar-refractivity contribution in [2.75, 3.05) is 37.0 Å². The van der Waals surface area contributed by atoms with E-state index in [4.69, 9.17) is 9.72 Å². The number of para-hydroxylation sites is 1. The minimum absolute atomic E-state index is 0.614. The smallest absolute Gasteiger partial charge is 0.222 e. The Labute approximate surface area is 186 Å². The number of benzene rings is 1. The first-order valence-electron chi connectivity index (χ1n) is 11.5. The molecule has 164 valence electrons. The monoisotopic (exact) mass is 429 g/mol. The summed E-state index contributed by atoms with van der Waals surface area (Å²) in [5, 5.41) is 18.2. The molecule has 2 aliphatic rings. The van der Waals surface area contributed by atoms with Crippen LogP contribution in [-0.2, 0) is 0 Å². The molecule has 4 heterocycles. The standard InChI is InChI=1S/C24H27N7O/c1-30-12-13-32-22-20(30)15-26-31-23(28-29-24(22)31)19-11-10-17-8-5-9-18(21(17)27-19)25-14-16-6-3-2-4-7-16/h5,8-11,15-16,25H,2-4,6-7,12-14H2,1H3. The zero-order valence-electron chi connectivity index (χ0n) is 18.3. The molecule has 1 saturated carbocycles. The van der Waals surface area contributed by atoms with Gasteiger partial charge in [0.05, 0.1) is 23.9 Å². The summed E-state index contributed by atoms with van der Waals surface area (Å²) < 4.78 is 7.63. The average molecular weight is 430 g/mol. The van der Waals surface area contributed by atoms with Crippen LogP contribution in [0.2, 0.25) is 0 Å². The van der Waals surface area contributed by atoms with Crippen LogP contribution < -0.4 is 15.0 Å². The van der Waals surface area contributed by atoms with E-state index >= 15 is 0 Å². The summed E-state index contributed by atoms with van der Waals surface area (Å²) in [6, 6.07) is 10.4. The van der Waals surface area contributed by atoms with E-state index in [-0.39, 0.29) is 0 Å². The molecule has 3 aromatic heterocycles. The van der Waals surface area contributed by atoms with Crippen molar-refractivity contribution >= 4 is 27.9 Å². The lowest BCUT2D eigenvalue weighted by atomic mass is 9.89. The molecule has 1 N–H and O–H groups in total. The van der Waals surface area contributed by atoms with Crippen LogP contribution in [0.1, 0.15) is 32.1 Å². The quantitative estimate of drug-likeness (QED) is 0.522. The van der Waals surface area contributed by atoms with Gasteiger partial charge in [-0.15, -0.1) is 10.2 Å². The van der Waals surface area contributed by atoms with E-state index in [1.54, 1.807) is 4.52 Å². The number of fused-ring (bicyclic) bond motifs is 4. The topological polar surface area (TPSA) is 80.5 Å². The second-order valence-electron chi connectivity index (χ2n) is 8.85. The molecule has 1 aliphatic heterocycles. The van der Waals surface area contributed by atoms with Crippen LogP contribution >= 0.6 is 0 Å². The van der Waals surface area contributed by atoms with Crippen LogP contribution in [0.3, 0.4) is 0 Å². The van der Waals surface area contributed by atoms with E-state index in [0.29, 0.717) is 18.1 Å². The Kier molecular flexibility index (Phi) is 4.78. The van der Waals surface area contributed by atoms with Gasteiger partial charge in [0.15, 0.2) is 5.75 Å². The molecule has 6 rings (SSSR count).